The lowest BCUT2D eigenvalue weighted by atomic mass is 10.1. The Hall–Kier alpha value is -1.29. The number of nitrogens with one attached hydrogen (secondary N) is 2. The number of amides is 2. The summed E-state index contributed by atoms with van der Waals surface area (Å²) in [5, 5.41) is 5.56. The van der Waals surface area contributed by atoms with Gasteiger partial charge in [0, 0.05) is 10.7 Å². The summed E-state index contributed by atoms with van der Waals surface area (Å²) in [5.74, 6) is 0.631. The fourth-order valence-corrected chi connectivity index (χ4v) is 2.88. The fraction of sp³-hybridized carbons (Fsp3) is 0.400. The number of rotatable bonds is 3. The molecule has 0 aliphatic heterocycles. The molecule has 2 amide bonds. The number of benzene rings is 1. The lowest BCUT2D eigenvalue weighted by Gasteiger charge is -2.08. The van der Waals surface area contributed by atoms with Crippen LogP contribution in [0.4, 0.5) is 10.5 Å². The van der Waals surface area contributed by atoms with Crippen LogP contribution in [0.5, 0.6) is 0 Å². The first kappa shape index (κ1) is 14.1. The third kappa shape index (κ3) is 4.39. The molecule has 3 nitrogen and oxygen atoms in total. The number of carbonyl (C=O) groups excluding carboxylic acids is 1. The lowest BCUT2D eigenvalue weighted by Crippen LogP contribution is -2.24. The van der Waals surface area contributed by atoms with E-state index < -0.39 is 0 Å². The third-order valence-electron chi connectivity index (χ3n) is 3.36. The van der Waals surface area contributed by atoms with Crippen LogP contribution in [-0.4, -0.2) is 6.03 Å². The summed E-state index contributed by atoms with van der Waals surface area (Å²) >= 11 is 3.44. The molecule has 1 aliphatic rings. The van der Waals surface area contributed by atoms with Crippen LogP contribution in [0.1, 0.15) is 31.2 Å². The molecule has 0 spiro atoms. The minimum atomic E-state index is -0.209. The van der Waals surface area contributed by atoms with Crippen LogP contribution in [0.3, 0.4) is 0 Å². The first-order valence-corrected chi connectivity index (χ1v) is 7.45. The quantitative estimate of drug-likeness (QED) is 0.840. The average Bonchev–Trinajstić information content (AvgIpc) is 2.86. The largest absolute Gasteiger partial charge is 0.323 e. The molecule has 0 unspecified atom stereocenters. The Balaban J connectivity index is 1.83. The highest BCUT2D eigenvalue weighted by atomic mass is 79.9. The molecule has 19 heavy (non-hydrogen) atoms. The predicted octanol–water partition coefficient (Wildman–Crippen LogP) is 4.58. The zero-order chi connectivity index (χ0) is 13.7. The Morgan fingerprint density at radius 2 is 2.11 bits per heavy atom. The van der Waals surface area contributed by atoms with Gasteiger partial charge in [0.1, 0.15) is 0 Å². The Bertz CT molecular complexity index is 479. The molecule has 0 bridgehead atoms. The van der Waals surface area contributed by atoms with Crippen molar-refractivity contribution in [1.82, 2.24) is 5.32 Å². The number of hydrogen-bond donors (Lipinski definition) is 2. The highest BCUT2D eigenvalue weighted by Crippen LogP contribution is 2.25. The number of carbonyl (C=O) groups is 1. The molecule has 1 aliphatic carbocycles. The van der Waals surface area contributed by atoms with E-state index in [0.29, 0.717) is 5.92 Å². The van der Waals surface area contributed by atoms with Crippen LogP contribution >= 0.6 is 15.9 Å². The van der Waals surface area contributed by atoms with E-state index in [1.165, 1.54) is 25.7 Å². The Kier molecular flexibility index (Phi) is 5.02. The van der Waals surface area contributed by atoms with Crippen LogP contribution in [-0.2, 0) is 0 Å². The van der Waals surface area contributed by atoms with Crippen molar-refractivity contribution >= 4 is 27.6 Å². The number of aryl methyl sites for hydroxylation is 1. The molecule has 2 N–H and O–H groups in total. The van der Waals surface area contributed by atoms with Crippen molar-refractivity contribution in [2.24, 2.45) is 5.92 Å². The number of hydrogen-bond acceptors (Lipinski definition) is 1. The standard InChI is InChI=1S/C15H19BrN2O/c1-11-6-7-14(13(16)10-11)18-15(19)17-9-8-12-4-2-3-5-12/h6-10,12H,2-5H2,1H3,(H2,17,18,19)/b9-8+. The van der Waals surface area contributed by atoms with Gasteiger partial charge in [-0.1, -0.05) is 25.0 Å². The van der Waals surface area contributed by atoms with Gasteiger partial charge >= 0.3 is 6.03 Å². The van der Waals surface area contributed by atoms with E-state index in [4.69, 9.17) is 0 Å². The zero-order valence-corrected chi connectivity index (χ0v) is 12.7. The van der Waals surface area contributed by atoms with E-state index in [0.717, 1.165) is 15.7 Å². The molecule has 0 radical (unpaired) electrons. The Morgan fingerprint density at radius 3 is 2.79 bits per heavy atom. The third-order valence-corrected chi connectivity index (χ3v) is 4.01. The summed E-state index contributed by atoms with van der Waals surface area (Å²) in [5.41, 5.74) is 1.93. The fourth-order valence-electron chi connectivity index (χ4n) is 2.29. The van der Waals surface area contributed by atoms with Gasteiger partial charge in [-0.3, -0.25) is 0 Å². The molecule has 1 saturated carbocycles. The van der Waals surface area contributed by atoms with Crippen LogP contribution in [0.15, 0.2) is 34.9 Å². The van der Waals surface area contributed by atoms with E-state index in [-0.39, 0.29) is 6.03 Å². The van der Waals surface area contributed by atoms with Crippen molar-refractivity contribution in [2.75, 3.05) is 5.32 Å². The molecular formula is C15H19BrN2O. The van der Waals surface area contributed by atoms with Crippen LogP contribution in [0, 0.1) is 12.8 Å². The molecule has 1 fully saturated rings. The molecule has 1 aromatic carbocycles. The minimum absolute atomic E-state index is 0.209. The van der Waals surface area contributed by atoms with Crippen molar-refractivity contribution in [3.05, 3.63) is 40.5 Å². The second-order valence-electron chi connectivity index (χ2n) is 4.99. The van der Waals surface area contributed by atoms with Gasteiger partial charge in [-0.05, 0) is 59.3 Å². The summed E-state index contributed by atoms with van der Waals surface area (Å²) in [6.07, 6.45) is 8.94. The number of urea groups is 1. The van der Waals surface area contributed by atoms with Crippen LogP contribution in [0.25, 0.3) is 0 Å². The van der Waals surface area contributed by atoms with Crippen molar-refractivity contribution < 1.29 is 4.79 Å². The van der Waals surface area contributed by atoms with Crippen LogP contribution in [0.2, 0.25) is 0 Å². The normalized spacial score (nSPS) is 15.9. The highest BCUT2D eigenvalue weighted by molar-refractivity contribution is 9.10. The van der Waals surface area contributed by atoms with Crippen molar-refractivity contribution in [2.45, 2.75) is 32.6 Å². The maximum absolute atomic E-state index is 11.7. The summed E-state index contributed by atoms with van der Waals surface area (Å²) in [7, 11) is 0. The second kappa shape index (κ2) is 6.75. The van der Waals surface area contributed by atoms with Crippen molar-refractivity contribution in [3.63, 3.8) is 0 Å². The summed E-state index contributed by atoms with van der Waals surface area (Å²) < 4.78 is 0.891. The van der Waals surface area contributed by atoms with Crippen LogP contribution < -0.4 is 10.6 Å². The second-order valence-corrected chi connectivity index (χ2v) is 5.84. The predicted molar refractivity (Wildman–Crippen MR) is 82.1 cm³/mol. The minimum Gasteiger partial charge on any atom is -0.315 e. The summed E-state index contributed by atoms with van der Waals surface area (Å²) in [4.78, 5) is 11.7. The lowest BCUT2D eigenvalue weighted by molar-refractivity contribution is 0.255. The van der Waals surface area contributed by atoms with Gasteiger partial charge < -0.3 is 10.6 Å². The molecule has 0 aromatic heterocycles. The number of anilines is 1. The molecule has 1 aromatic rings. The molecule has 0 atom stereocenters. The maximum Gasteiger partial charge on any atom is 0.323 e. The van der Waals surface area contributed by atoms with Gasteiger partial charge in [0.05, 0.1) is 5.69 Å². The van der Waals surface area contributed by atoms with Crippen molar-refractivity contribution in [1.29, 1.82) is 0 Å². The molecule has 102 valence electrons. The Labute approximate surface area is 122 Å². The van der Waals surface area contributed by atoms with Gasteiger partial charge in [0.25, 0.3) is 0 Å². The van der Waals surface area contributed by atoms with Gasteiger partial charge in [-0.2, -0.15) is 0 Å². The van der Waals surface area contributed by atoms with Gasteiger partial charge in [-0.15, -0.1) is 0 Å². The van der Waals surface area contributed by atoms with E-state index in [1.807, 2.05) is 25.1 Å². The SMILES string of the molecule is Cc1ccc(NC(=O)N/C=C/C2CCCC2)c(Br)c1. The maximum atomic E-state index is 11.7. The number of allylic oxidation sites excluding steroid dienone is 1. The molecular weight excluding hydrogens is 304 g/mol. The molecule has 0 saturated heterocycles. The smallest absolute Gasteiger partial charge is 0.315 e. The molecule has 2 rings (SSSR count). The number of halogens is 1. The van der Waals surface area contributed by atoms with Gasteiger partial charge in [-0.25, -0.2) is 4.79 Å². The molecule has 4 heteroatoms. The zero-order valence-electron chi connectivity index (χ0n) is 11.1. The summed E-state index contributed by atoms with van der Waals surface area (Å²) in [6.45, 7) is 2.01. The summed E-state index contributed by atoms with van der Waals surface area (Å²) in [6, 6.07) is 5.62. The first-order chi connectivity index (χ1) is 9.15. The van der Waals surface area contributed by atoms with E-state index in [2.05, 4.69) is 32.6 Å². The van der Waals surface area contributed by atoms with E-state index in [1.54, 1.807) is 6.20 Å². The highest BCUT2D eigenvalue weighted by Gasteiger charge is 2.11. The van der Waals surface area contributed by atoms with E-state index in [9.17, 15) is 4.79 Å². The van der Waals surface area contributed by atoms with E-state index >= 15 is 0 Å². The monoisotopic (exact) mass is 322 g/mol. The van der Waals surface area contributed by atoms with Gasteiger partial charge in [0.15, 0.2) is 0 Å². The average molecular weight is 323 g/mol. The van der Waals surface area contributed by atoms with Crippen molar-refractivity contribution in [3.8, 4) is 0 Å². The molecule has 0 heterocycles. The Morgan fingerprint density at radius 1 is 1.37 bits per heavy atom. The first-order valence-electron chi connectivity index (χ1n) is 6.65. The topological polar surface area (TPSA) is 41.1 Å². The van der Waals surface area contributed by atoms with Gasteiger partial charge in [0.2, 0.25) is 0 Å².